The van der Waals surface area contributed by atoms with Gasteiger partial charge in [-0.3, -0.25) is 4.57 Å². The lowest BCUT2D eigenvalue weighted by molar-refractivity contribution is -0.137. The van der Waals surface area contributed by atoms with Crippen LogP contribution < -0.4 is 5.32 Å². The van der Waals surface area contributed by atoms with Crippen molar-refractivity contribution in [2.24, 2.45) is 0 Å². The largest absolute Gasteiger partial charge is 0.416 e. The normalized spacial score (nSPS) is 11.8. The lowest BCUT2D eigenvalue weighted by Gasteiger charge is -2.11. The van der Waals surface area contributed by atoms with E-state index in [9.17, 15) is 13.2 Å². The lowest BCUT2D eigenvalue weighted by atomic mass is 10.1. The van der Waals surface area contributed by atoms with Crippen LogP contribution in [0.2, 0.25) is 0 Å². The number of fused-ring (bicyclic) bond motifs is 1. The fourth-order valence-corrected chi connectivity index (χ4v) is 3.76. The summed E-state index contributed by atoms with van der Waals surface area (Å²) in [5, 5.41) is 7.14. The number of anilines is 1. The molecule has 172 valence electrons. The number of benzene rings is 2. The second-order valence-electron chi connectivity index (χ2n) is 7.77. The van der Waals surface area contributed by atoms with E-state index in [0.29, 0.717) is 45.4 Å². The standard InChI is InChI=1S/C24H19F3N6O/c1-14-19(15(2)34-32-14)21-30-22(28-12-16-7-6-8-17(11-16)24(25,26)27)20-23(31-21)33(13-29-20)18-9-4-3-5-10-18/h3-11,13H,12H2,1-2H3,(H,28,30,31). The third kappa shape index (κ3) is 3.98. The smallest absolute Gasteiger partial charge is 0.364 e. The molecule has 0 amide bonds. The highest BCUT2D eigenvalue weighted by molar-refractivity contribution is 5.86. The van der Waals surface area contributed by atoms with E-state index < -0.39 is 11.7 Å². The number of aryl methyl sites for hydroxylation is 2. The third-order valence-corrected chi connectivity index (χ3v) is 5.40. The molecule has 0 bridgehead atoms. The summed E-state index contributed by atoms with van der Waals surface area (Å²) in [4.78, 5) is 13.9. The maximum atomic E-state index is 13.1. The minimum absolute atomic E-state index is 0.120. The van der Waals surface area contributed by atoms with Crippen molar-refractivity contribution in [2.75, 3.05) is 5.32 Å². The van der Waals surface area contributed by atoms with Crippen molar-refractivity contribution in [2.45, 2.75) is 26.6 Å². The zero-order valence-corrected chi connectivity index (χ0v) is 18.3. The molecule has 0 spiro atoms. The summed E-state index contributed by atoms with van der Waals surface area (Å²) in [7, 11) is 0. The molecule has 10 heteroatoms. The van der Waals surface area contributed by atoms with Crippen molar-refractivity contribution in [3.8, 4) is 17.1 Å². The van der Waals surface area contributed by atoms with Crippen LogP contribution in [0, 0.1) is 13.8 Å². The molecule has 0 atom stereocenters. The molecule has 7 nitrogen and oxygen atoms in total. The highest BCUT2D eigenvalue weighted by Crippen LogP contribution is 2.31. The second kappa shape index (κ2) is 8.29. The van der Waals surface area contributed by atoms with Crippen molar-refractivity contribution in [1.29, 1.82) is 0 Å². The first kappa shape index (κ1) is 21.6. The number of nitrogens with zero attached hydrogens (tertiary/aromatic N) is 5. The van der Waals surface area contributed by atoms with E-state index in [1.165, 1.54) is 6.07 Å². The monoisotopic (exact) mass is 464 g/mol. The third-order valence-electron chi connectivity index (χ3n) is 5.40. The van der Waals surface area contributed by atoms with Crippen LogP contribution in [-0.2, 0) is 12.7 Å². The van der Waals surface area contributed by atoms with Crippen LogP contribution >= 0.6 is 0 Å². The molecule has 0 radical (unpaired) electrons. The van der Waals surface area contributed by atoms with E-state index in [2.05, 4.69) is 20.4 Å². The van der Waals surface area contributed by atoms with Crippen LogP contribution in [-0.4, -0.2) is 24.7 Å². The molecule has 0 aliphatic rings. The van der Waals surface area contributed by atoms with Crippen LogP contribution in [0.5, 0.6) is 0 Å². The molecule has 3 heterocycles. The topological polar surface area (TPSA) is 81.7 Å². The Kier molecular flexibility index (Phi) is 5.27. The fraction of sp³-hybridized carbons (Fsp3) is 0.167. The number of alkyl halides is 3. The molecule has 0 aliphatic heterocycles. The Morgan fingerprint density at radius 1 is 1.00 bits per heavy atom. The second-order valence-corrected chi connectivity index (χ2v) is 7.77. The first-order chi connectivity index (χ1) is 16.3. The minimum atomic E-state index is -4.41. The van der Waals surface area contributed by atoms with Gasteiger partial charge in [-0.2, -0.15) is 13.2 Å². The van der Waals surface area contributed by atoms with Gasteiger partial charge in [-0.1, -0.05) is 35.5 Å². The minimum Gasteiger partial charge on any atom is -0.364 e. The van der Waals surface area contributed by atoms with Crippen molar-refractivity contribution in [3.05, 3.63) is 83.5 Å². The summed E-state index contributed by atoms with van der Waals surface area (Å²) in [6.07, 6.45) is -2.77. The van der Waals surface area contributed by atoms with Gasteiger partial charge in [0.25, 0.3) is 0 Å². The van der Waals surface area contributed by atoms with Gasteiger partial charge in [0, 0.05) is 12.2 Å². The Morgan fingerprint density at radius 2 is 1.79 bits per heavy atom. The summed E-state index contributed by atoms with van der Waals surface area (Å²) in [6, 6.07) is 14.7. The van der Waals surface area contributed by atoms with Crippen molar-refractivity contribution in [3.63, 3.8) is 0 Å². The van der Waals surface area contributed by atoms with Crippen LogP contribution in [0.3, 0.4) is 0 Å². The molecular formula is C24H19F3N6O. The summed E-state index contributed by atoms with van der Waals surface area (Å²) in [5.41, 5.74) is 2.94. The number of rotatable bonds is 5. The number of para-hydroxylation sites is 1. The predicted octanol–water partition coefficient (Wildman–Crippen LogP) is 5.72. The highest BCUT2D eigenvalue weighted by atomic mass is 19.4. The number of hydrogen-bond acceptors (Lipinski definition) is 6. The summed E-state index contributed by atoms with van der Waals surface area (Å²) in [6.45, 7) is 3.69. The summed E-state index contributed by atoms with van der Waals surface area (Å²) < 4.78 is 46.5. The summed E-state index contributed by atoms with van der Waals surface area (Å²) >= 11 is 0. The van der Waals surface area contributed by atoms with Crippen LogP contribution in [0.4, 0.5) is 19.0 Å². The van der Waals surface area contributed by atoms with Gasteiger partial charge in [0.15, 0.2) is 22.8 Å². The number of halogens is 3. The van der Waals surface area contributed by atoms with Crippen LogP contribution in [0.1, 0.15) is 22.6 Å². The van der Waals surface area contributed by atoms with Gasteiger partial charge < -0.3 is 9.84 Å². The van der Waals surface area contributed by atoms with E-state index in [4.69, 9.17) is 9.51 Å². The van der Waals surface area contributed by atoms with Crippen LogP contribution in [0.15, 0.2) is 65.4 Å². The maximum absolute atomic E-state index is 13.1. The molecule has 1 N–H and O–H groups in total. The fourth-order valence-electron chi connectivity index (χ4n) is 3.76. The molecule has 2 aromatic carbocycles. The number of nitrogens with one attached hydrogen (secondary N) is 1. The lowest BCUT2D eigenvalue weighted by Crippen LogP contribution is -2.08. The van der Waals surface area contributed by atoms with Crippen molar-refractivity contribution in [1.82, 2.24) is 24.7 Å². The maximum Gasteiger partial charge on any atom is 0.416 e. The average molecular weight is 464 g/mol. The molecular weight excluding hydrogens is 445 g/mol. The highest BCUT2D eigenvalue weighted by Gasteiger charge is 2.30. The molecule has 0 saturated heterocycles. The number of aromatic nitrogens is 5. The molecule has 0 aliphatic carbocycles. The SMILES string of the molecule is Cc1noc(C)c1-c1nc(NCc2cccc(C(F)(F)F)c2)c2ncn(-c3ccccc3)c2n1. The first-order valence-electron chi connectivity index (χ1n) is 10.4. The molecule has 0 fully saturated rings. The zero-order chi connectivity index (χ0) is 23.9. The van der Waals surface area contributed by atoms with Gasteiger partial charge in [0.05, 0.1) is 16.8 Å². The van der Waals surface area contributed by atoms with E-state index in [1.807, 2.05) is 34.9 Å². The first-order valence-corrected chi connectivity index (χ1v) is 10.4. The Bertz CT molecular complexity index is 1450. The Hall–Kier alpha value is -4.21. The molecule has 5 rings (SSSR count). The van der Waals surface area contributed by atoms with Crippen LogP contribution in [0.25, 0.3) is 28.2 Å². The van der Waals surface area contributed by atoms with E-state index >= 15 is 0 Å². The quantitative estimate of drug-likeness (QED) is 0.358. The van der Waals surface area contributed by atoms with Gasteiger partial charge in [0.1, 0.15) is 12.1 Å². The number of hydrogen-bond donors (Lipinski definition) is 1. The summed E-state index contributed by atoms with van der Waals surface area (Å²) in [5.74, 6) is 1.34. The van der Waals surface area contributed by atoms with E-state index in [-0.39, 0.29) is 6.54 Å². The predicted molar refractivity (Wildman–Crippen MR) is 120 cm³/mol. The Labute approximate surface area is 192 Å². The average Bonchev–Trinajstić information content (AvgIpc) is 3.40. The van der Waals surface area contributed by atoms with Gasteiger partial charge in [-0.15, -0.1) is 0 Å². The van der Waals surface area contributed by atoms with Gasteiger partial charge in [-0.05, 0) is 43.7 Å². The van der Waals surface area contributed by atoms with Crippen molar-refractivity contribution >= 4 is 17.0 Å². The van der Waals surface area contributed by atoms with Gasteiger partial charge >= 0.3 is 6.18 Å². The van der Waals surface area contributed by atoms with Crippen molar-refractivity contribution < 1.29 is 17.7 Å². The molecule has 0 saturated carbocycles. The molecule has 0 unspecified atom stereocenters. The van der Waals surface area contributed by atoms with E-state index in [0.717, 1.165) is 17.8 Å². The Morgan fingerprint density at radius 3 is 2.50 bits per heavy atom. The van der Waals surface area contributed by atoms with E-state index in [1.54, 1.807) is 26.2 Å². The van der Waals surface area contributed by atoms with Gasteiger partial charge in [-0.25, -0.2) is 15.0 Å². The Balaban J connectivity index is 1.60. The molecule has 34 heavy (non-hydrogen) atoms. The molecule has 3 aromatic heterocycles. The zero-order valence-electron chi connectivity index (χ0n) is 18.3. The molecule has 5 aromatic rings. The number of imidazole rings is 1. The van der Waals surface area contributed by atoms with Gasteiger partial charge in [0.2, 0.25) is 0 Å².